The summed E-state index contributed by atoms with van der Waals surface area (Å²) in [4.78, 5) is 14.4. The van der Waals surface area contributed by atoms with Crippen LogP contribution in [0.15, 0.2) is 57.6 Å². The van der Waals surface area contributed by atoms with Crippen LogP contribution in [0.25, 0.3) is 11.1 Å². The van der Waals surface area contributed by atoms with Crippen molar-refractivity contribution in [1.29, 1.82) is 0 Å². The van der Waals surface area contributed by atoms with Gasteiger partial charge in [0.15, 0.2) is 14.0 Å². The van der Waals surface area contributed by atoms with E-state index in [0.29, 0.717) is 17.5 Å². The normalized spacial score (nSPS) is 17.1. The Kier molecular flexibility index (Phi) is 7.29. The fraction of sp³-hybridized carbons (Fsp3) is 0.227. The molecule has 3 aromatic rings. The van der Waals surface area contributed by atoms with Crippen LogP contribution in [-0.2, 0) is 24.7 Å². The molecular formula is C22H19Cl2FN2O5S3. The van der Waals surface area contributed by atoms with Crippen molar-refractivity contribution in [3.05, 3.63) is 63.7 Å². The van der Waals surface area contributed by atoms with Crippen molar-refractivity contribution in [2.24, 2.45) is 0 Å². The van der Waals surface area contributed by atoms with Crippen LogP contribution in [0.2, 0.25) is 9.36 Å². The van der Waals surface area contributed by atoms with Gasteiger partial charge in [-0.1, -0.05) is 47.5 Å². The summed E-state index contributed by atoms with van der Waals surface area (Å²) < 4.78 is 67.3. The van der Waals surface area contributed by atoms with E-state index in [-0.39, 0.29) is 37.1 Å². The monoisotopic (exact) mass is 576 g/mol. The molecule has 0 saturated carbocycles. The van der Waals surface area contributed by atoms with Crippen molar-refractivity contribution in [1.82, 2.24) is 4.72 Å². The lowest BCUT2D eigenvalue weighted by Gasteiger charge is -2.32. The van der Waals surface area contributed by atoms with Crippen molar-refractivity contribution >= 4 is 66.0 Å². The molecule has 1 fully saturated rings. The fourth-order valence-corrected chi connectivity index (χ4v) is 8.31. The Balaban J connectivity index is 1.62. The van der Waals surface area contributed by atoms with Crippen LogP contribution in [-0.4, -0.2) is 41.6 Å². The van der Waals surface area contributed by atoms with Gasteiger partial charge in [0, 0.05) is 18.4 Å². The maximum atomic E-state index is 15.2. The predicted octanol–water partition coefficient (Wildman–Crippen LogP) is 4.74. The minimum absolute atomic E-state index is 0.0308. The second-order valence-corrected chi connectivity index (χ2v) is 13.9. The summed E-state index contributed by atoms with van der Waals surface area (Å²) in [6.07, 6.45) is 1.73. The van der Waals surface area contributed by atoms with Crippen LogP contribution in [0.5, 0.6) is 0 Å². The highest BCUT2D eigenvalue weighted by Crippen LogP contribution is 2.35. The molecule has 0 spiro atoms. The first-order valence-electron chi connectivity index (χ1n) is 10.3. The van der Waals surface area contributed by atoms with Gasteiger partial charge in [-0.05, 0) is 42.7 Å². The van der Waals surface area contributed by atoms with Gasteiger partial charge < -0.3 is 4.90 Å². The molecule has 2 aromatic carbocycles. The fourth-order valence-electron chi connectivity index (χ4n) is 3.89. The lowest BCUT2D eigenvalue weighted by atomic mass is 10.0. The average molecular weight is 578 g/mol. The van der Waals surface area contributed by atoms with E-state index in [9.17, 15) is 21.6 Å². The SMILES string of the molecule is CS(=O)(=O)c1ccccc1-c1ccc(N2CCCC(NS(=O)(=O)c3sc(Cl)cc3Cl)C2=O)c(F)c1. The van der Waals surface area contributed by atoms with Crippen molar-refractivity contribution in [2.75, 3.05) is 17.7 Å². The third kappa shape index (κ3) is 5.40. The topological polar surface area (TPSA) is 101 Å². The number of carbonyl (C=O) groups is 1. The summed E-state index contributed by atoms with van der Waals surface area (Å²) in [6, 6.07) is 10.5. The van der Waals surface area contributed by atoms with E-state index < -0.39 is 37.6 Å². The first-order chi connectivity index (χ1) is 16.4. The number of benzene rings is 2. The number of nitrogens with zero attached hydrogens (tertiary/aromatic N) is 1. The van der Waals surface area contributed by atoms with Gasteiger partial charge in [-0.3, -0.25) is 4.79 Å². The molecule has 1 unspecified atom stereocenters. The number of sulfone groups is 1. The zero-order chi connectivity index (χ0) is 25.5. The average Bonchev–Trinajstić information content (AvgIpc) is 3.14. The van der Waals surface area contributed by atoms with Crippen molar-refractivity contribution in [3.8, 4) is 11.1 Å². The quantitative estimate of drug-likeness (QED) is 0.457. The Morgan fingerprint density at radius 3 is 2.43 bits per heavy atom. The van der Waals surface area contributed by atoms with Gasteiger partial charge in [-0.25, -0.2) is 21.2 Å². The Bertz CT molecular complexity index is 1520. The largest absolute Gasteiger partial charge is 0.308 e. The van der Waals surface area contributed by atoms with Gasteiger partial charge in [-0.2, -0.15) is 4.72 Å². The minimum atomic E-state index is -4.13. The standard InChI is InChI=1S/C22H19Cl2FN2O5S3/c1-34(29,30)19-7-3-2-5-14(19)13-8-9-18(16(25)11-13)27-10-4-6-17(21(27)28)26-35(31,32)22-15(23)12-20(24)33-22/h2-3,5,7-9,11-12,17,26H,4,6,10H2,1H3. The first kappa shape index (κ1) is 26.1. The molecule has 2 heterocycles. The lowest BCUT2D eigenvalue weighted by Crippen LogP contribution is -2.52. The summed E-state index contributed by atoms with van der Waals surface area (Å²) in [7, 11) is -7.68. The van der Waals surface area contributed by atoms with Gasteiger partial charge in [0.25, 0.3) is 10.0 Å². The summed E-state index contributed by atoms with van der Waals surface area (Å²) in [5.41, 5.74) is 0.637. The molecular weight excluding hydrogens is 558 g/mol. The first-order valence-corrected chi connectivity index (χ1v) is 15.2. The number of piperidine rings is 1. The number of hydrogen-bond acceptors (Lipinski definition) is 6. The maximum Gasteiger partial charge on any atom is 0.252 e. The molecule has 0 radical (unpaired) electrons. The molecule has 13 heteroatoms. The Morgan fingerprint density at radius 2 is 1.80 bits per heavy atom. The number of halogens is 3. The van der Waals surface area contributed by atoms with Crippen LogP contribution in [0.3, 0.4) is 0 Å². The smallest absolute Gasteiger partial charge is 0.252 e. The van der Waals surface area contributed by atoms with E-state index in [2.05, 4.69) is 4.72 Å². The van der Waals surface area contributed by atoms with E-state index in [1.165, 1.54) is 29.2 Å². The number of sulfonamides is 1. The van der Waals surface area contributed by atoms with Crippen LogP contribution in [0.4, 0.5) is 10.1 Å². The highest BCUT2D eigenvalue weighted by atomic mass is 35.5. The molecule has 7 nitrogen and oxygen atoms in total. The third-order valence-electron chi connectivity index (χ3n) is 5.44. The van der Waals surface area contributed by atoms with E-state index in [1.807, 2.05) is 0 Å². The Morgan fingerprint density at radius 1 is 1.09 bits per heavy atom. The van der Waals surface area contributed by atoms with E-state index in [0.717, 1.165) is 23.7 Å². The van der Waals surface area contributed by atoms with Crippen LogP contribution in [0, 0.1) is 5.82 Å². The molecule has 1 aliphatic heterocycles. The van der Waals surface area contributed by atoms with Gasteiger partial charge in [0.05, 0.1) is 19.9 Å². The zero-order valence-electron chi connectivity index (χ0n) is 18.2. The number of amides is 1. The zero-order valence-corrected chi connectivity index (χ0v) is 22.1. The minimum Gasteiger partial charge on any atom is -0.308 e. The Labute approximate surface area is 216 Å². The van der Waals surface area contributed by atoms with Gasteiger partial charge in [0.1, 0.15) is 11.9 Å². The molecule has 186 valence electrons. The summed E-state index contributed by atoms with van der Waals surface area (Å²) in [5, 5.41) is -0.0522. The van der Waals surface area contributed by atoms with Gasteiger partial charge >= 0.3 is 0 Å². The number of anilines is 1. The van der Waals surface area contributed by atoms with Crippen molar-refractivity contribution in [2.45, 2.75) is 28.0 Å². The van der Waals surface area contributed by atoms with Crippen molar-refractivity contribution in [3.63, 3.8) is 0 Å². The number of rotatable bonds is 6. The molecule has 4 rings (SSSR count). The summed E-state index contributed by atoms with van der Waals surface area (Å²) in [6.45, 7) is 0.193. The van der Waals surface area contributed by atoms with Crippen LogP contribution < -0.4 is 9.62 Å². The number of carbonyl (C=O) groups excluding carboxylic acids is 1. The predicted molar refractivity (Wildman–Crippen MR) is 135 cm³/mol. The second-order valence-electron chi connectivity index (χ2n) is 7.93. The van der Waals surface area contributed by atoms with Crippen LogP contribution >= 0.6 is 34.5 Å². The highest BCUT2D eigenvalue weighted by Gasteiger charge is 2.35. The number of thiophene rings is 1. The van der Waals surface area contributed by atoms with Crippen LogP contribution in [0.1, 0.15) is 12.8 Å². The molecule has 1 aromatic heterocycles. The van der Waals surface area contributed by atoms with Gasteiger partial charge in [-0.15, -0.1) is 11.3 Å². The summed E-state index contributed by atoms with van der Waals surface area (Å²) in [5.74, 6) is -1.35. The van der Waals surface area contributed by atoms with Crippen molar-refractivity contribution < 1.29 is 26.0 Å². The highest BCUT2D eigenvalue weighted by molar-refractivity contribution is 7.92. The molecule has 1 saturated heterocycles. The molecule has 0 bridgehead atoms. The number of nitrogens with one attached hydrogen (secondary N) is 1. The maximum absolute atomic E-state index is 15.2. The summed E-state index contributed by atoms with van der Waals surface area (Å²) >= 11 is 12.6. The second kappa shape index (κ2) is 9.79. The lowest BCUT2D eigenvalue weighted by molar-refractivity contribution is -0.121. The molecule has 1 N–H and O–H groups in total. The molecule has 1 aliphatic rings. The Hall–Kier alpha value is -2.02. The van der Waals surface area contributed by atoms with E-state index in [4.69, 9.17) is 23.2 Å². The van der Waals surface area contributed by atoms with E-state index in [1.54, 1.807) is 18.2 Å². The van der Waals surface area contributed by atoms with Gasteiger partial charge in [0.2, 0.25) is 5.91 Å². The number of hydrogen-bond donors (Lipinski definition) is 1. The third-order valence-corrected chi connectivity index (χ3v) is 10.4. The van der Waals surface area contributed by atoms with E-state index >= 15 is 4.39 Å². The molecule has 1 amide bonds. The molecule has 0 aliphatic carbocycles. The molecule has 35 heavy (non-hydrogen) atoms. The molecule has 1 atom stereocenters.